The Kier molecular flexibility index (Phi) is 4.62. The van der Waals surface area contributed by atoms with Gasteiger partial charge in [0.25, 0.3) is 0 Å². The molecule has 5 heteroatoms. The molecule has 1 heterocycles. The van der Waals surface area contributed by atoms with E-state index in [9.17, 15) is 14.0 Å². The van der Waals surface area contributed by atoms with E-state index in [0.717, 1.165) is 5.56 Å². The Labute approximate surface area is 168 Å². The van der Waals surface area contributed by atoms with Gasteiger partial charge in [-0.3, -0.25) is 14.5 Å². The van der Waals surface area contributed by atoms with Crippen molar-refractivity contribution in [3.8, 4) is 0 Å². The molecule has 2 aromatic rings. The van der Waals surface area contributed by atoms with Gasteiger partial charge in [0.05, 0.1) is 5.69 Å². The summed E-state index contributed by atoms with van der Waals surface area (Å²) in [6.07, 6.45) is 1.05. The monoisotopic (exact) mass is 397 g/mol. The molecule has 0 radical (unpaired) electrons. The average Bonchev–Trinajstić information content (AvgIpc) is 2.61. The molecule has 2 aromatic carbocycles. The number of para-hydroxylation sites is 1. The quantitative estimate of drug-likeness (QED) is 0.657. The first-order valence-electron chi connectivity index (χ1n) is 9.36. The van der Waals surface area contributed by atoms with Crippen LogP contribution in [0.4, 0.5) is 10.1 Å². The largest absolute Gasteiger partial charge is 0.294 e. The highest BCUT2D eigenvalue weighted by Gasteiger charge is 2.44. The molecule has 0 saturated heterocycles. The molecule has 28 heavy (non-hydrogen) atoms. The van der Waals surface area contributed by atoms with Crippen LogP contribution in [0.5, 0.6) is 0 Å². The normalized spacial score (nSPS) is 21.7. The summed E-state index contributed by atoms with van der Waals surface area (Å²) in [5.41, 5.74) is 1.98. The van der Waals surface area contributed by atoms with E-state index in [2.05, 4.69) is 0 Å². The molecule has 4 rings (SSSR count). The molecule has 0 saturated carbocycles. The number of nitrogens with zero attached hydrogens (tertiary/aromatic N) is 1. The minimum Gasteiger partial charge on any atom is -0.294 e. The van der Waals surface area contributed by atoms with Crippen LogP contribution in [0, 0.1) is 11.2 Å². The summed E-state index contributed by atoms with van der Waals surface area (Å²) < 4.78 is 14.6. The van der Waals surface area contributed by atoms with Crippen LogP contribution in [0.15, 0.2) is 59.8 Å². The molecule has 144 valence electrons. The maximum atomic E-state index is 14.6. The lowest BCUT2D eigenvalue weighted by atomic mass is 9.69. The molecule has 0 spiro atoms. The summed E-state index contributed by atoms with van der Waals surface area (Å²) in [4.78, 5) is 27.7. The third kappa shape index (κ3) is 3.26. The van der Waals surface area contributed by atoms with Crippen LogP contribution < -0.4 is 4.90 Å². The molecule has 0 bridgehead atoms. The van der Waals surface area contributed by atoms with E-state index >= 15 is 0 Å². The number of benzene rings is 2. The maximum Gasteiger partial charge on any atom is 0.232 e. The lowest BCUT2D eigenvalue weighted by molar-refractivity contribution is -0.121. The minimum absolute atomic E-state index is 0.0186. The third-order valence-corrected chi connectivity index (χ3v) is 5.72. The molecule has 1 aliphatic carbocycles. The first-order chi connectivity index (χ1) is 13.3. The van der Waals surface area contributed by atoms with E-state index in [-0.39, 0.29) is 35.1 Å². The van der Waals surface area contributed by atoms with Crippen molar-refractivity contribution in [1.82, 2.24) is 0 Å². The molecule has 1 aliphatic heterocycles. The summed E-state index contributed by atoms with van der Waals surface area (Å²) in [7, 11) is 0. The van der Waals surface area contributed by atoms with E-state index in [1.54, 1.807) is 30.3 Å². The number of halogens is 2. The Morgan fingerprint density at radius 1 is 1.07 bits per heavy atom. The van der Waals surface area contributed by atoms with E-state index in [4.69, 9.17) is 11.6 Å². The number of rotatable bonds is 2. The Morgan fingerprint density at radius 3 is 2.54 bits per heavy atom. The standard InChI is InChI=1S/C23H21ClFNO2/c1-23(2)12-19-22(20(27)13-23)16(14-6-5-7-15(24)10-14)11-21(28)26(19)18-9-4-3-8-17(18)25/h3-10,16H,11-13H2,1-2H3. The summed E-state index contributed by atoms with van der Waals surface area (Å²) >= 11 is 6.16. The van der Waals surface area contributed by atoms with Gasteiger partial charge >= 0.3 is 0 Å². The predicted octanol–water partition coefficient (Wildman–Crippen LogP) is 5.64. The SMILES string of the molecule is CC1(C)CC(=O)C2=C(C1)N(c1ccccc1F)C(=O)CC2c1cccc(Cl)c1. The Morgan fingerprint density at radius 2 is 1.82 bits per heavy atom. The van der Waals surface area contributed by atoms with E-state index < -0.39 is 5.82 Å². The zero-order valence-electron chi connectivity index (χ0n) is 15.8. The number of allylic oxidation sites excluding steroid dienone is 2. The number of anilines is 1. The van der Waals surface area contributed by atoms with Crippen molar-refractivity contribution in [2.24, 2.45) is 5.41 Å². The zero-order valence-corrected chi connectivity index (χ0v) is 16.6. The second-order valence-electron chi connectivity index (χ2n) is 8.29. The summed E-state index contributed by atoms with van der Waals surface area (Å²) in [5.74, 6) is -1.02. The highest BCUT2D eigenvalue weighted by atomic mass is 35.5. The molecule has 1 atom stereocenters. The van der Waals surface area contributed by atoms with Crippen LogP contribution in [0.3, 0.4) is 0 Å². The van der Waals surface area contributed by atoms with Crippen LogP contribution >= 0.6 is 11.6 Å². The predicted molar refractivity (Wildman–Crippen MR) is 108 cm³/mol. The summed E-state index contributed by atoms with van der Waals surface area (Å²) in [6.45, 7) is 4.00. The van der Waals surface area contributed by atoms with Gasteiger partial charge in [0.2, 0.25) is 5.91 Å². The molecule has 1 unspecified atom stereocenters. The second kappa shape index (κ2) is 6.85. The van der Waals surface area contributed by atoms with Crippen molar-refractivity contribution in [2.45, 2.75) is 39.0 Å². The van der Waals surface area contributed by atoms with Crippen LogP contribution in [0.25, 0.3) is 0 Å². The zero-order chi connectivity index (χ0) is 20.1. The molecule has 0 N–H and O–H groups in total. The third-order valence-electron chi connectivity index (χ3n) is 5.49. The fourth-order valence-electron chi connectivity index (χ4n) is 4.34. The fraction of sp³-hybridized carbons (Fsp3) is 0.304. The van der Waals surface area contributed by atoms with Crippen LogP contribution in [0.2, 0.25) is 5.02 Å². The summed E-state index contributed by atoms with van der Waals surface area (Å²) in [6, 6.07) is 13.5. The van der Waals surface area contributed by atoms with Gasteiger partial charge in [-0.25, -0.2) is 4.39 Å². The van der Waals surface area contributed by atoms with Crippen molar-refractivity contribution in [3.63, 3.8) is 0 Å². The van der Waals surface area contributed by atoms with Crippen LogP contribution in [-0.2, 0) is 9.59 Å². The number of carbonyl (C=O) groups is 2. The van der Waals surface area contributed by atoms with Gasteiger partial charge < -0.3 is 0 Å². The first kappa shape index (κ1) is 18.9. The number of ketones is 1. The molecule has 3 nitrogen and oxygen atoms in total. The lowest BCUT2D eigenvalue weighted by Gasteiger charge is -2.43. The van der Waals surface area contributed by atoms with Crippen molar-refractivity contribution >= 4 is 29.0 Å². The summed E-state index contributed by atoms with van der Waals surface area (Å²) in [5, 5.41) is 0.562. The number of hydrogen-bond acceptors (Lipinski definition) is 2. The van der Waals surface area contributed by atoms with Crippen molar-refractivity contribution in [3.05, 3.63) is 76.2 Å². The minimum atomic E-state index is -0.472. The van der Waals surface area contributed by atoms with Gasteiger partial charge in [-0.1, -0.05) is 49.7 Å². The molecule has 1 amide bonds. The van der Waals surface area contributed by atoms with E-state index in [0.29, 0.717) is 29.1 Å². The molecule has 0 fully saturated rings. The topological polar surface area (TPSA) is 37.4 Å². The van der Waals surface area contributed by atoms with Gasteiger partial charge in [-0.2, -0.15) is 0 Å². The van der Waals surface area contributed by atoms with Crippen LogP contribution in [0.1, 0.15) is 44.6 Å². The maximum absolute atomic E-state index is 14.6. The molecular weight excluding hydrogens is 377 g/mol. The van der Waals surface area contributed by atoms with Gasteiger partial charge in [-0.05, 0) is 41.7 Å². The van der Waals surface area contributed by atoms with Gasteiger partial charge in [-0.15, -0.1) is 0 Å². The van der Waals surface area contributed by atoms with Crippen molar-refractivity contribution < 1.29 is 14.0 Å². The first-order valence-corrected chi connectivity index (χ1v) is 9.74. The lowest BCUT2D eigenvalue weighted by Crippen LogP contribution is -2.44. The number of amides is 1. The van der Waals surface area contributed by atoms with Crippen LogP contribution in [-0.4, -0.2) is 11.7 Å². The number of carbonyl (C=O) groups excluding carboxylic acids is 2. The van der Waals surface area contributed by atoms with Crippen molar-refractivity contribution in [1.29, 1.82) is 0 Å². The molecular formula is C23H21ClFNO2. The van der Waals surface area contributed by atoms with E-state index in [1.807, 2.05) is 26.0 Å². The van der Waals surface area contributed by atoms with Gasteiger partial charge in [0.15, 0.2) is 5.78 Å². The Bertz CT molecular complexity index is 1010. The Balaban J connectivity index is 1.93. The second-order valence-corrected chi connectivity index (χ2v) is 8.73. The average molecular weight is 398 g/mol. The number of hydrogen-bond donors (Lipinski definition) is 0. The number of Topliss-reactive ketones (excluding diaryl/α,β-unsaturated/α-hetero) is 1. The van der Waals surface area contributed by atoms with Gasteiger partial charge in [0.1, 0.15) is 5.82 Å². The molecule has 2 aliphatic rings. The highest BCUT2D eigenvalue weighted by Crippen LogP contribution is 2.48. The van der Waals surface area contributed by atoms with Crippen molar-refractivity contribution in [2.75, 3.05) is 4.90 Å². The fourth-order valence-corrected chi connectivity index (χ4v) is 4.53. The van der Waals surface area contributed by atoms with E-state index in [1.165, 1.54) is 11.0 Å². The van der Waals surface area contributed by atoms with Gasteiger partial charge in [0, 0.05) is 35.1 Å². The molecule has 0 aromatic heterocycles. The highest BCUT2D eigenvalue weighted by molar-refractivity contribution is 6.30. The smallest absolute Gasteiger partial charge is 0.232 e. The Hall–Kier alpha value is -2.46.